The number of carbonyl (C=O) groups excluding carboxylic acids is 1. The van der Waals surface area contributed by atoms with Crippen molar-refractivity contribution < 1.29 is 9.53 Å². The highest BCUT2D eigenvalue weighted by molar-refractivity contribution is 9.10. The predicted molar refractivity (Wildman–Crippen MR) is 55.2 cm³/mol. The van der Waals surface area contributed by atoms with E-state index in [-0.39, 0.29) is 5.97 Å². The summed E-state index contributed by atoms with van der Waals surface area (Å²) in [7, 11) is 1.35. The summed E-state index contributed by atoms with van der Waals surface area (Å²) in [5.74, 6) is -0.347. The summed E-state index contributed by atoms with van der Waals surface area (Å²) < 4.78 is 5.45. The van der Waals surface area contributed by atoms with Crippen LogP contribution in [0.5, 0.6) is 0 Å². The van der Waals surface area contributed by atoms with E-state index in [9.17, 15) is 4.79 Å². The van der Waals surface area contributed by atoms with Crippen molar-refractivity contribution >= 4 is 28.0 Å². The molecule has 1 rings (SSSR count). The molecule has 68 valence electrons. The molecule has 0 atom stereocenters. The maximum absolute atomic E-state index is 10.7. The topological polar surface area (TPSA) is 26.3 Å². The molecule has 0 saturated carbocycles. The second-order valence-corrected chi connectivity index (χ2v) is 3.33. The van der Waals surface area contributed by atoms with Crippen molar-refractivity contribution in [1.82, 2.24) is 0 Å². The first kappa shape index (κ1) is 9.99. The van der Waals surface area contributed by atoms with Gasteiger partial charge in [0.1, 0.15) is 0 Å². The Morgan fingerprint density at radius 2 is 2.31 bits per heavy atom. The van der Waals surface area contributed by atoms with Gasteiger partial charge in [-0.1, -0.05) is 28.1 Å². The van der Waals surface area contributed by atoms with Crippen LogP contribution in [0.15, 0.2) is 34.8 Å². The third-order valence-corrected chi connectivity index (χ3v) is 1.95. The van der Waals surface area contributed by atoms with E-state index in [1.165, 1.54) is 13.2 Å². The normalized spacial score (nSPS) is 10.3. The number of hydrogen-bond acceptors (Lipinski definition) is 2. The van der Waals surface area contributed by atoms with Gasteiger partial charge in [-0.15, -0.1) is 0 Å². The molecule has 0 unspecified atom stereocenters. The Balaban J connectivity index is 2.74. The first-order valence-corrected chi connectivity index (χ1v) is 4.53. The number of esters is 1. The Hall–Kier alpha value is -1.09. The first-order valence-electron chi connectivity index (χ1n) is 3.74. The van der Waals surface area contributed by atoms with Gasteiger partial charge in [0.25, 0.3) is 0 Å². The van der Waals surface area contributed by atoms with Gasteiger partial charge >= 0.3 is 5.97 Å². The molecule has 0 aliphatic heterocycles. The molecule has 0 radical (unpaired) electrons. The zero-order valence-electron chi connectivity index (χ0n) is 7.16. The smallest absolute Gasteiger partial charge is 0.330 e. The van der Waals surface area contributed by atoms with E-state index in [4.69, 9.17) is 0 Å². The second kappa shape index (κ2) is 4.82. The Labute approximate surface area is 85.3 Å². The van der Waals surface area contributed by atoms with Crippen LogP contribution in [-0.2, 0) is 9.53 Å². The van der Waals surface area contributed by atoms with Crippen molar-refractivity contribution in [2.45, 2.75) is 0 Å². The van der Waals surface area contributed by atoms with E-state index in [1.54, 1.807) is 6.08 Å². The first-order chi connectivity index (χ1) is 6.22. The highest BCUT2D eigenvalue weighted by Crippen LogP contribution is 2.12. The van der Waals surface area contributed by atoms with E-state index >= 15 is 0 Å². The Morgan fingerprint density at radius 1 is 1.54 bits per heavy atom. The van der Waals surface area contributed by atoms with Crippen molar-refractivity contribution in [2.75, 3.05) is 7.11 Å². The molecular weight excluding hydrogens is 232 g/mol. The molecule has 0 heterocycles. The number of hydrogen-bond donors (Lipinski definition) is 0. The Bertz CT molecular complexity index is 331. The molecule has 1 aromatic carbocycles. The molecule has 0 fully saturated rings. The summed E-state index contributed by atoms with van der Waals surface area (Å²) in [5.41, 5.74) is 0.958. The van der Waals surface area contributed by atoms with Crippen molar-refractivity contribution in [3.8, 4) is 0 Å². The van der Waals surface area contributed by atoms with Crippen LogP contribution >= 0.6 is 15.9 Å². The lowest BCUT2D eigenvalue weighted by atomic mass is 10.2. The summed E-state index contributed by atoms with van der Waals surface area (Å²) in [6.07, 6.45) is 3.10. The number of carbonyl (C=O) groups is 1. The fourth-order valence-corrected chi connectivity index (χ4v) is 1.26. The SMILES string of the molecule is COC(=O)/C=C\c1cccc(Br)c1. The van der Waals surface area contributed by atoms with Crippen molar-refractivity contribution in [2.24, 2.45) is 0 Å². The van der Waals surface area contributed by atoms with Gasteiger partial charge in [0, 0.05) is 10.5 Å². The van der Waals surface area contributed by atoms with Crippen LogP contribution in [0.2, 0.25) is 0 Å². The quantitative estimate of drug-likeness (QED) is 0.587. The molecule has 0 aliphatic rings. The minimum Gasteiger partial charge on any atom is -0.466 e. The van der Waals surface area contributed by atoms with Gasteiger partial charge in [-0.05, 0) is 23.8 Å². The van der Waals surface area contributed by atoms with Crippen molar-refractivity contribution in [1.29, 1.82) is 0 Å². The van der Waals surface area contributed by atoms with Gasteiger partial charge in [0.15, 0.2) is 0 Å². The van der Waals surface area contributed by atoms with Gasteiger partial charge in [-0.2, -0.15) is 0 Å². The molecule has 0 bridgehead atoms. The number of rotatable bonds is 2. The molecule has 0 amide bonds. The molecule has 0 aromatic heterocycles. The molecular formula is C10H9BrO2. The van der Waals surface area contributed by atoms with Gasteiger partial charge in [0.05, 0.1) is 7.11 Å². The van der Waals surface area contributed by atoms with Gasteiger partial charge in [-0.3, -0.25) is 0 Å². The van der Waals surface area contributed by atoms with E-state index in [0.717, 1.165) is 10.0 Å². The maximum Gasteiger partial charge on any atom is 0.330 e. The number of methoxy groups -OCH3 is 1. The fraction of sp³-hybridized carbons (Fsp3) is 0.100. The Kier molecular flexibility index (Phi) is 3.71. The van der Waals surface area contributed by atoms with E-state index < -0.39 is 0 Å². The summed E-state index contributed by atoms with van der Waals surface area (Å²) in [5, 5.41) is 0. The van der Waals surface area contributed by atoms with Gasteiger partial charge in [0.2, 0.25) is 0 Å². The lowest BCUT2D eigenvalue weighted by Crippen LogP contribution is -1.93. The highest BCUT2D eigenvalue weighted by Gasteiger charge is 1.92. The van der Waals surface area contributed by atoms with Gasteiger partial charge in [-0.25, -0.2) is 4.79 Å². The molecule has 0 N–H and O–H groups in total. The lowest BCUT2D eigenvalue weighted by molar-refractivity contribution is -0.134. The minimum atomic E-state index is -0.347. The molecule has 13 heavy (non-hydrogen) atoms. The number of benzene rings is 1. The van der Waals surface area contributed by atoms with Crippen molar-refractivity contribution in [3.63, 3.8) is 0 Å². The summed E-state index contributed by atoms with van der Waals surface area (Å²) >= 11 is 3.34. The van der Waals surface area contributed by atoms with E-state index in [1.807, 2.05) is 24.3 Å². The lowest BCUT2D eigenvalue weighted by Gasteiger charge is -1.93. The standard InChI is InChI=1S/C10H9BrO2/c1-13-10(12)6-5-8-3-2-4-9(11)7-8/h2-7H,1H3/b6-5-. The predicted octanol–water partition coefficient (Wildman–Crippen LogP) is 2.64. The molecule has 3 heteroatoms. The monoisotopic (exact) mass is 240 g/mol. The summed E-state index contributed by atoms with van der Waals surface area (Å²) in [6.45, 7) is 0. The van der Waals surface area contributed by atoms with Crippen LogP contribution < -0.4 is 0 Å². The third-order valence-electron chi connectivity index (χ3n) is 1.46. The average Bonchev–Trinajstić information content (AvgIpc) is 2.14. The highest BCUT2D eigenvalue weighted by atomic mass is 79.9. The molecule has 0 aliphatic carbocycles. The number of halogens is 1. The summed E-state index contributed by atoms with van der Waals surface area (Å²) in [6, 6.07) is 7.65. The minimum absolute atomic E-state index is 0.347. The van der Waals surface area contributed by atoms with Crippen molar-refractivity contribution in [3.05, 3.63) is 40.4 Å². The largest absolute Gasteiger partial charge is 0.466 e. The zero-order chi connectivity index (χ0) is 9.68. The van der Waals surface area contributed by atoms with Crippen LogP contribution in [0.4, 0.5) is 0 Å². The Morgan fingerprint density at radius 3 is 2.92 bits per heavy atom. The van der Waals surface area contributed by atoms with Crippen LogP contribution in [0.3, 0.4) is 0 Å². The molecule has 0 saturated heterocycles. The zero-order valence-corrected chi connectivity index (χ0v) is 8.74. The number of ether oxygens (including phenoxy) is 1. The molecule has 0 spiro atoms. The van der Waals surface area contributed by atoms with Gasteiger partial charge < -0.3 is 4.74 Å². The van der Waals surface area contributed by atoms with E-state index in [2.05, 4.69) is 20.7 Å². The second-order valence-electron chi connectivity index (χ2n) is 2.41. The molecule has 1 aromatic rings. The van der Waals surface area contributed by atoms with Crippen LogP contribution in [-0.4, -0.2) is 13.1 Å². The van der Waals surface area contributed by atoms with Crippen LogP contribution in [0.25, 0.3) is 6.08 Å². The van der Waals surface area contributed by atoms with Crippen LogP contribution in [0.1, 0.15) is 5.56 Å². The van der Waals surface area contributed by atoms with Crippen LogP contribution in [0, 0.1) is 0 Å². The average molecular weight is 241 g/mol. The maximum atomic E-state index is 10.7. The molecule has 2 nitrogen and oxygen atoms in total. The van der Waals surface area contributed by atoms with E-state index in [0.29, 0.717) is 0 Å². The summed E-state index contributed by atoms with van der Waals surface area (Å²) in [4.78, 5) is 10.7. The fourth-order valence-electron chi connectivity index (χ4n) is 0.843. The third kappa shape index (κ3) is 3.42.